The van der Waals surface area contributed by atoms with Crippen LogP contribution in [0.5, 0.6) is 0 Å². The number of hydrogen-bond acceptors (Lipinski definition) is 4. The van der Waals surface area contributed by atoms with E-state index < -0.39 is 10.0 Å². The number of hydrogen-bond donors (Lipinski definition) is 1. The van der Waals surface area contributed by atoms with Crippen molar-refractivity contribution in [1.29, 1.82) is 0 Å². The Morgan fingerprint density at radius 3 is 2.44 bits per heavy atom. The first-order chi connectivity index (χ1) is 11.7. The number of nitrogens with one attached hydrogen (secondary N) is 1. The predicted octanol–water partition coefficient (Wildman–Crippen LogP) is 1.39. The molecule has 1 saturated heterocycles. The van der Waals surface area contributed by atoms with Crippen LogP contribution in [0.2, 0.25) is 0 Å². The van der Waals surface area contributed by atoms with E-state index in [1.165, 1.54) is 9.21 Å². The summed E-state index contributed by atoms with van der Waals surface area (Å²) in [5, 5.41) is 2.84. The highest BCUT2D eigenvalue weighted by Crippen LogP contribution is 2.22. The molecule has 0 spiro atoms. The minimum absolute atomic E-state index is 0.0799. The fourth-order valence-electron chi connectivity index (χ4n) is 2.81. The lowest BCUT2D eigenvalue weighted by molar-refractivity contribution is -0.120. The maximum Gasteiger partial charge on any atom is 0.253 e. The normalized spacial score (nSPS) is 16.4. The molecule has 0 aliphatic carbocycles. The molecule has 1 aliphatic rings. The molecule has 0 aromatic heterocycles. The van der Waals surface area contributed by atoms with E-state index in [1.807, 2.05) is 0 Å². The molecule has 0 radical (unpaired) electrons. The average Bonchev–Trinajstić information content (AvgIpc) is 2.61. The highest BCUT2D eigenvalue weighted by atomic mass is 32.2. The minimum Gasteiger partial charge on any atom is -0.345 e. The summed E-state index contributed by atoms with van der Waals surface area (Å²) < 4.78 is 25.2. The smallest absolute Gasteiger partial charge is 0.253 e. The Morgan fingerprint density at radius 1 is 1.24 bits per heavy atom. The van der Waals surface area contributed by atoms with Crippen LogP contribution in [-0.2, 0) is 14.8 Å². The Bertz CT molecular complexity index is 738. The molecule has 1 fully saturated rings. The monoisotopic (exact) mass is 367 g/mol. The van der Waals surface area contributed by atoms with Gasteiger partial charge in [0.05, 0.1) is 5.75 Å². The average molecular weight is 367 g/mol. The molecule has 0 saturated carbocycles. The molecule has 1 aromatic carbocycles. The first-order valence-electron chi connectivity index (χ1n) is 8.35. The molecule has 1 aromatic rings. The molecule has 7 nitrogen and oxygen atoms in total. The number of rotatable bonds is 5. The van der Waals surface area contributed by atoms with Crippen molar-refractivity contribution in [3.8, 4) is 0 Å². The quantitative estimate of drug-likeness (QED) is 0.852. The summed E-state index contributed by atoms with van der Waals surface area (Å²) in [6, 6.07) is 6.81. The zero-order valence-electron chi connectivity index (χ0n) is 14.9. The maximum atomic E-state index is 12.4. The van der Waals surface area contributed by atoms with Gasteiger partial charge in [-0.2, -0.15) is 0 Å². The zero-order valence-corrected chi connectivity index (χ0v) is 15.7. The van der Waals surface area contributed by atoms with Crippen LogP contribution in [0.3, 0.4) is 0 Å². The number of benzene rings is 1. The number of carbonyl (C=O) groups excluding carboxylic acids is 2. The molecule has 138 valence electrons. The van der Waals surface area contributed by atoms with Crippen molar-refractivity contribution in [3.63, 3.8) is 0 Å². The Kier molecular flexibility index (Phi) is 6.18. The van der Waals surface area contributed by atoms with E-state index in [9.17, 15) is 18.0 Å². The van der Waals surface area contributed by atoms with E-state index in [2.05, 4.69) is 5.32 Å². The molecule has 2 amide bonds. The van der Waals surface area contributed by atoms with E-state index in [-0.39, 0.29) is 23.5 Å². The van der Waals surface area contributed by atoms with Crippen molar-refractivity contribution < 1.29 is 18.0 Å². The number of anilines is 1. The SMILES string of the molecule is CCS(=O)(=O)N1CCC(C(=O)Nc2cccc(C(=O)N(C)C)c2)CC1. The summed E-state index contributed by atoms with van der Waals surface area (Å²) in [7, 11) is 0.152. The number of sulfonamides is 1. The van der Waals surface area contributed by atoms with Gasteiger partial charge in [-0.3, -0.25) is 9.59 Å². The van der Waals surface area contributed by atoms with Crippen molar-refractivity contribution in [2.75, 3.05) is 38.3 Å². The number of nitrogens with zero attached hydrogens (tertiary/aromatic N) is 2. The van der Waals surface area contributed by atoms with E-state index in [4.69, 9.17) is 0 Å². The lowest BCUT2D eigenvalue weighted by Gasteiger charge is -2.30. The highest BCUT2D eigenvalue weighted by molar-refractivity contribution is 7.89. The minimum atomic E-state index is -3.19. The van der Waals surface area contributed by atoms with Gasteiger partial charge in [0.1, 0.15) is 0 Å². The second kappa shape index (κ2) is 7.97. The number of piperidine rings is 1. The van der Waals surface area contributed by atoms with Gasteiger partial charge in [0, 0.05) is 44.4 Å². The van der Waals surface area contributed by atoms with E-state index in [0.717, 1.165) is 0 Å². The number of carbonyl (C=O) groups is 2. The van der Waals surface area contributed by atoms with Gasteiger partial charge in [-0.15, -0.1) is 0 Å². The van der Waals surface area contributed by atoms with Gasteiger partial charge in [-0.05, 0) is 38.0 Å². The number of amides is 2. The molecular weight excluding hydrogens is 342 g/mol. The summed E-state index contributed by atoms with van der Waals surface area (Å²) in [4.78, 5) is 25.9. The van der Waals surface area contributed by atoms with Crippen molar-refractivity contribution in [2.45, 2.75) is 19.8 Å². The molecule has 25 heavy (non-hydrogen) atoms. The standard InChI is InChI=1S/C17H25N3O4S/c1-4-25(23,24)20-10-8-13(9-11-20)16(21)18-15-7-5-6-14(12-15)17(22)19(2)3/h5-7,12-13H,4,8-11H2,1-3H3,(H,18,21). The van der Waals surface area contributed by atoms with Gasteiger partial charge < -0.3 is 10.2 Å². The molecule has 2 rings (SSSR count). The fourth-order valence-corrected chi connectivity index (χ4v) is 3.94. The topological polar surface area (TPSA) is 86.8 Å². The molecule has 0 unspecified atom stereocenters. The molecule has 0 atom stereocenters. The van der Waals surface area contributed by atoms with Crippen LogP contribution >= 0.6 is 0 Å². The summed E-state index contributed by atoms with van der Waals surface area (Å²) >= 11 is 0. The van der Waals surface area contributed by atoms with Gasteiger partial charge in [0.15, 0.2) is 0 Å². The Balaban J connectivity index is 1.97. The Morgan fingerprint density at radius 2 is 1.88 bits per heavy atom. The van der Waals surface area contributed by atoms with Crippen molar-refractivity contribution in [3.05, 3.63) is 29.8 Å². The van der Waals surface area contributed by atoms with Gasteiger partial charge in [0.25, 0.3) is 5.91 Å². The summed E-state index contributed by atoms with van der Waals surface area (Å²) in [5.41, 5.74) is 1.08. The van der Waals surface area contributed by atoms with Crippen LogP contribution in [0.1, 0.15) is 30.1 Å². The van der Waals surface area contributed by atoms with Crippen LogP contribution < -0.4 is 5.32 Å². The zero-order chi connectivity index (χ0) is 18.6. The third kappa shape index (κ3) is 4.79. The Labute approximate surface area is 149 Å². The van der Waals surface area contributed by atoms with Crippen LogP contribution in [0.25, 0.3) is 0 Å². The van der Waals surface area contributed by atoms with Crippen LogP contribution in [0.4, 0.5) is 5.69 Å². The molecule has 8 heteroatoms. The lowest BCUT2D eigenvalue weighted by atomic mass is 9.97. The fraction of sp³-hybridized carbons (Fsp3) is 0.529. The van der Waals surface area contributed by atoms with Gasteiger partial charge in [0.2, 0.25) is 15.9 Å². The third-order valence-electron chi connectivity index (χ3n) is 4.37. The maximum absolute atomic E-state index is 12.4. The third-order valence-corrected chi connectivity index (χ3v) is 6.25. The molecular formula is C17H25N3O4S. The van der Waals surface area contributed by atoms with Gasteiger partial charge in [-0.25, -0.2) is 12.7 Å². The van der Waals surface area contributed by atoms with E-state index in [1.54, 1.807) is 45.3 Å². The highest BCUT2D eigenvalue weighted by Gasteiger charge is 2.30. The lowest BCUT2D eigenvalue weighted by Crippen LogP contribution is -2.42. The second-order valence-electron chi connectivity index (χ2n) is 6.34. The predicted molar refractivity (Wildman–Crippen MR) is 96.8 cm³/mol. The first-order valence-corrected chi connectivity index (χ1v) is 9.96. The summed E-state index contributed by atoms with van der Waals surface area (Å²) in [6.45, 7) is 2.36. The molecule has 0 bridgehead atoms. The summed E-state index contributed by atoms with van der Waals surface area (Å²) in [5.74, 6) is -0.412. The largest absolute Gasteiger partial charge is 0.345 e. The Hall–Kier alpha value is -1.93. The molecule has 1 N–H and O–H groups in total. The van der Waals surface area contributed by atoms with Crippen molar-refractivity contribution >= 4 is 27.5 Å². The molecule has 1 heterocycles. The van der Waals surface area contributed by atoms with E-state index in [0.29, 0.717) is 37.2 Å². The van der Waals surface area contributed by atoms with Crippen molar-refractivity contribution in [2.24, 2.45) is 5.92 Å². The first kappa shape index (κ1) is 19.4. The van der Waals surface area contributed by atoms with E-state index >= 15 is 0 Å². The van der Waals surface area contributed by atoms with Crippen LogP contribution in [-0.4, -0.2) is 62.4 Å². The molecule has 1 aliphatic heterocycles. The van der Waals surface area contributed by atoms with Gasteiger partial charge in [-0.1, -0.05) is 6.07 Å². The van der Waals surface area contributed by atoms with Crippen LogP contribution in [0, 0.1) is 5.92 Å². The van der Waals surface area contributed by atoms with Crippen LogP contribution in [0.15, 0.2) is 24.3 Å². The summed E-state index contributed by atoms with van der Waals surface area (Å²) in [6.07, 6.45) is 1.00. The van der Waals surface area contributed by atoms with Crippen molar-refractivity contribution in [1.82, 2.24) is 9.21 Å². The van der Waals surface area contributed by atoms with Gasteiger partial charge >= 0.3 is 0 Å². The second-order valence-corrected chi connectivity index (χ2v) is 8.60.